The summed E-state index contributed by atoms with van der Waals surface area (Å²) in [5.41, 5.74) is 2.81. The van der Waals surface area contributed by atoms with Crippen molar-refractivity contribution in [1.82, 2.24) is 0 Å². The normalized spacial score (nSPS) is 10.8. The Kier molecular flexibility index (Phi) is 9.67. The first-order valence-electron chi connectivity index (χ1n) is 12.8. The Bertz CT molecular complexity index is 1560. The molecule has 0 saturated carbocycles. The van der Waals surface area contributed by atoms with E-state index in [0.29, 0.717) is 41.7 Å². The van der Waals surface area contributed by atoms with Crippen molar-refractivity contribution in [3.8, 4) is 23.3 Å². The summed E-state index contributed by atoms with van der Waals surface area (Å²) >= 11 is 0. The van der Waals surface area contributed by atoms with Gasteiger partial charge in [0.05, 0.1) is 11.5 Å². The zero-order valence-electron chi connectivity index (χ0n) is 22.3. The van der Waals surface area contributed by atoms with E-state index >= 15 is 0 Å². The van der Waals surface area contributed by atoms with Gasteiger partial charge in [-0.1, -0.05) is 36.4 Å². The maximum absolute atomic E-state index is 12.8. The zero-order valence-corrected chi connectivity index (χ0v) is 22.3. The lowest BCUT2D eigenvalue weighted by atomic mass is 10.1. The molecule has 4 rings (SSSR count). The molecular weight excluding hydrogens is 522 g/mol. The number of carbonyl (C=O) groups is 1. The molecule has 0 saturated heterocycles. The number of hydrogen-bond donors (Lipinski definition) is 1. The predicted molar refractivity (Wildman–Crippen MR) is 154 cm³/mol. The van der Waals surface area contributed by atoms with Crippen LogP contribution in [0.1, 0.15) is 23.6 Å². The molecule has 0 spiro atoms. The fourth-order valence-corrected chi connectivity index (χ4v) is 3.77. The molecular formula is C32H27N3O6. The molecule has 1 amide bonds. The van der Waals surface area contributed by atoms with Gasteiger partial charge in [0.1, 0.15) is 30.6 Å². The Labute approximate surface area is 237 Å². The van der Waals surface area contributed by atoms with Crippen LogP contribution in [0.25, 0.3) is 6.08 Å². The van der Waals surface area contributed by atoms with Gasteiger partial charge in [-0.25, -0.2) is 0 Å². The van der Waals surface area contributed by atoms with Crippen molar-refractivity contribution in [2.24, 2.45) is 0 Å². The lowest BCUT2D eigenvalue weighted by molar-refractivity contribution is -0.384. The number of hydrogen-bond acceptors (Lipinski definition) is 7. The summed E-state index contributed by atoms with van der Waals surface area (Å²) in [6, 6.07) is 29.8. The first kappa shape index (κ1) is 28.4. The van der Waals surface area contributed by atoms with Gasteiger partial charge in [0.25, 0.3) is 11.6 Å². The largest absolute Gasteiger partial charge is 0.490 e. The van der Waals surface area contributed by atoms with Crippen LogP contribution in [-0.4, -0.2) is 17.4 Å². The third kappa shape index (κ3) is 8.18. The van der Waals surface area contributed by atoms with E-state index in [2.05, 4.69) is 5.32 Å². The number of amides is 1. The molecule has 0 aliphatic carbocycles. The van der Waals surface area contributed by atoms with Crippen LogP contribution in [0.4, 0.5) is 11.4 Å². The molecule has 41 heavy (non-hydrogen) atoms. The number of nitrogens with one attached hydrogen (secondary N) is 1. The Hall–Kier alpha value is -5.62. The number of nitriles is 1. The number of ether oxygens (including phenoxy) is 3. The fraction of sp³-hybridized carbons (Fsp3) is 0.125. The summed E-state index contributed by atoms with van der Waals surface area (Å²) in [4.78, 5) is 23.2. The van der Waals surface area contributed by atoms with Gasteiger partial charge in [0.15, 0.2) is 11.5 Å². The highest BCUT2D eigenvalue weighted by molar-refractivity contribution is 6.09. The molecule has 0 aliphatic rings. The van der Waals surface area contributed by atoms with Crippen molar-refractivity contribution >= 4 is 23.4 Å². The minimum atomic E-state index is -0.554. The zero-order chi connectivity index (χ0) is 29.0. The van der Waals surface area contributed by atoms with Crippen LogP contribution < -0.4 is 19.5 Å². The summed E-state index contributed by atoms with van der Waals surface area (Å²) in [6.07, 6.45) is 1.47. The van der Waals surface area contributed by atoms with Gasteiger partial charge in [-0.2, -0.15) is 5.26 Å². The summed E-state index contributed by atoms with van der Waals surface area (Å²) in [5, 5.41) is 23.2. The maximum atomic E-state index is 12.8. The molecule has 9 nitrogen and oxygen atoms in total. The highest BCUT2D eigenvalue weighted by Crippen LogP contribution is 2.30. The van der Waals surface area contributed by atoms with Crippen LogP contribution in [0.3, 0.4) is 0 Å². The number of nitrogens with zero attached hydrogens (tertiary/aromatic N) is 2. The second-order valence-electron chi connectivity index (χ2n) is 8.77. The number of anilines is 1. The lowest BCUT2D eigenvalue weighted by Crippen LogP contribution is -2.13. The maximum Gasteiger partial charge on any atom is 0.269 e. The summed E-state index contributed by atoms with van der Waals surface area (Å²) in [6.45, 7) is 2.81. The minimum Gasteiger partial charge on any atom is -0.490 e. The van der Waals surface area contributed by atoms with Gasteiger partial charge in [-0.15, -0.1) is 0 Å². The van der Waals surface area contributed by atoms with E-state index in [4.69, 9.17) is 14.2 Å². The van der Waals surface area contributed by atoms with Crippen LogP contribution in [0.15, 0.2) is 103 Å². The molecule has 206 valence electrons. The molecule has 4 aromatic carbocycles. The number of nitro groups is 1. The lowest BCUT2D eigenvalue weighted by Gasteiger charge is -2.13. The number of benzene rings is 4. The molecule has 0 bridgehead atoms. The van der Waals surface area contributed by atoms with Gasteiger partial charge in [0.2, 0.25) is 0 Å². The van der Waals surface area contributed by atoms with Gasteiger partial charge >= 0.3 is 0 Å². The van der Waals surface area contributed by atoms with E-state index in [-0.39, 0.29) is 17.9 Å². The summed E-state index contributed by atoms with van der Waals surface area (Å²) in [7, 11) is 0. The highest BCUT2D eigenvalue weighted by atomic mass is 16.6. The topological polar surface area (TPSA) is 124 Å². The van der Waals surface area contributed by atoms with Crippen LogP contribution in [0.5, 0.6) is 17.2 Å². The average Bonchev–Trinajstić information content (AvgIpc) is 3.00. The van der Waals surface area contributed by atoms with Gasteiger partial charge in [-0.3, -0.25) is 14.9 Å². The third-order valence-electron chi connectivity index (χ3n) is 5.85. The SMILES string of the molecule is CCOc1cc(/C=C(\C#N)C(=O)Nc2ccc(OCc3ccccc3)cc2)ccc1OCc1ccc([N+](=O)[O-])cc1. The first-order valence-corrected chi connectivity index (χ1v) is 12.8. The van der Waals surface area contributed by atoms with Crippen molar-refractivity contribution in [1.29, 1.82) is 5.26 Å². The van der Waals surface area contributed by atoms with Crippen molar-refractivity contribution in [2.75, 3.05) is 11.9 Å². The fourth-order valence-electron chi connectivity index (χ4n) is 3.77. The standard InChI is InChI=1S/C32H27N3O6/c1-2-39-31-19-25(10-17-30(31)41-22-24-8-13-28(14-9-24)35(37)38)18-26(20-33)32(36)34-27-11-15-29(16-12-27)40-21-23-6-4-3-5-7-23/h3-19H,2,21-22H2,1H3,(H,34,36)/b26-18+. The number of non-ortho nitro benzene ring substituents is 1. The Balaban J connectivity index is 1.39. The second-order valence-corrected chi connectivity index (χ2v) is 8.77. The van der Waals surface area contributed by atoms with E-state index in [9.17, 15) is 20.2 Å². The van der Waals surface area contributed by atoms with E-state index in [0.717, 1.165) is 11.1 Å². The summed E-state index contributed by atoms with van der Waals surface area (Å²) < 4.78 is 17.4. The molecule has 0 fully saturated rings. The highest BCUT2D eigenvalue weighted by Gasteiger charge is 2.12. The van der Waals surface area contributed by atoms with Gasteiger partial charge < -0.3 is 19.5 Å². The number of rotatable bonds is 12. The molecule has 4 aromatic rings. The first-order chi connectivity index (χ1) is 19.9. The second kappa shape index (κ2) is 14.0. The van der Waals surface area contributed by atoms with Crippen LogP contribution in [0.2, 0.25) is 0 Å². The Morgan fingerprint density at radius 1 is 0.878 bits per heavy atom. The molecule has 0 atom stereocenters. The molecule has 0 aliphatic heterocycles. The van der Waals surface area contributed by atoms with E-state index in [1.807, 2.05) is 43.3 Å². The number of carbonyl (C=O) groups excluding carboxylic acids is 1. The summed E-state index contributed by atoms with van der Waals surface area (Å²) in [5.74, 6) is 0.996. The van der Waals surface area contributed by atoms with E-state index in [1.54, 1.807) is 54.6 Å². The average molecular weight is 550 g/mol. The quantitative estimate of drug-likeness (QED) is 0.0903. The smallest absolute Gasteiger partial charge is 0.269 e. The van der Waals surface area contributed by atoms with Crippen molar-refractivity contribution in [3.05, 3.63) is 129 Å². The Morgan fingerprint density at radius 2 is 1.56 bits per heavy atom. The molecule has 0 radical (unpaired) electrons. The van der Waals surface area contributed by atoms with Crippen LogP contribution in [-0.2, 0) is 18.0 Å². The molecule has 9 heteroatoms. The van der Waals surface area contributed by atoms with Crippen molar-refractivity contribution < 1.29 is 23.9 Å². The minimum absolute atomic E-state index is 0.00194. The molecule has 0 heterocycles. The number of nitro benzene ring substituents is 1. The predicted octanol–water partition coefficient (Wildman–Crippen LogP) is 6.70. The molecule has 0 aromatic heterocycles. The molecule has 0 unspecified atom stereocenters. The van der Waals surface area contributed by atoms with E-state index < -0.39 is 10.8 Å². The van der Waals surface area contributed by atoms with Crippen molar-refractivity contribution in [3.63, 3.8) is 0 Å². The van der Waals surface area contributed by atoms with Crippen LogP contribution in [0, 0.1) is 21.4 Å². The monoisotopic (exact) mass is 549 g/mol. The van der Waals surface area contributed by atoms with Gasteiger partial charge in [0, 0.05) is 17.8 Å². The van der Waals surface area contributed by atoms with Crippen LogP contribution >= 0.6 is 0 Å². The van der Waals surface area contributed by atoms with E-state index in [1.165, 1.54) is 18.2 Å². The van der Waals surface area contributed by atoms with Gasteiger partial charge in [-0.05, 0) is 78.2 Å². The third-order valence-corrected chi connectivity index (χ3v) is 5.85. The Morgan fingerprint density at radius 3 is 2.22 bits per heavy atom. The van der Waals surface area contributed by atoms with Crippen molar-refractivity contribution in [2.45, 2.75) is 20.1 Å². The molecule has 1 N–H and O–H groups in total.